The van der Waals surface area contributed by atoms with Gasteiger partial charge in [0, 0.05) is 38.9 Å². The summed E-state index contributed by atoms with van der Waals surface area (Å²) in [6.07, 6.45) is 7.65. The molecule has 0 spiro atoms. The molecule has 0 atom stereocenters. The van der Waals surface area contributed by atoms with E-state index >= 15 is 0 Å². The Morgan fingerprint density at radius 1 is 1.38 bits per heavy atom. The average molecular weight is 311 g/mol. The van der Waals surface area contributed by atoms with Gasteiger partial charge in [-0.3, -0.25) is 9.58 Å². The Morgan fingerprint density at radius 2 is 2.05 bits per heavy atom. The van der Waals surface area contributed by atoms with E-state index in [-0.39, 0.29) is 10.7 Å². The monoisotopic (exact) mass is 311 g/mol. The van der Waals surface area contributed by atoms with Gasteiger partial charge in [0.15, 0.2) is 5.82 Å². The molecule has 2 heterocycles. The topological polar surface area (TPSA) is 84.5 Å². The molecule has 0 aliphatic carbocycles. The van der Waals surface area contributed by atoms with E-state index in [2.05, 4.69) is 15.9 Å². The number of nitrogens with zero attached hydrogens (tertiary/aromatic N) is 4. The van der Waals surface area contributed by atoms with E-state index in [1.165, 1.54) is 10.5 Å². The quantitative estimate of drug-likeness (QED) is 0.762. The fourth-order valence-electron chi connectivity index (χ4n) is 2.36. The Labute approximate surface area is 125 Å². The van der Waals surface area contributed by atoms with Crippen molar-refractivity contribution in [3.8, 4) is 12.3 Å². The molecule has 2 N–H and O–H groups in total. The first-order valence-corrected chi connectivity index (χ1v) is 8.42. The van der Waals surface area contributed by atoms with Gasteiger partial charge >= 0.3 is 0 Å². The number of nitrogens with two attached hydrogens (primary N) is 1. The van der Waals surface area contributed by atoms with Gasteiger partial charge in [-0.1, -0.05) is 12.8 Å². The van der Waals surface area contributed by atoms with Crippen molar-refractivity contribution in [1.82, 2.24) is 19.0 Å². The molecule has 0 bridgehead atoms. The van der Waals surface area contributed by atoms with Gasteiger partial charge < -0.3 is 5.73 Å². The van der Waals surface area contributed by atoms with Gasteiger partial charge in [-0.15, -0.1) is 6.42 Å². The summed E-state index contributed by atoms with van der Waals surface area (Å²) in [6, 6.07) is 0. The molecule has 1 aliphatic heterocycles. The van der Waals surface area contributed by atoms with Crippen LogP contribution in [0, 0.1) is 12.3 Å². The first-order valence-electron chi connectivity index (χ1n) is 6.98. The lowest BCUT2D eigenvalue weighted by Gasteiger charge is -2.32. The molecule has 1 fully saturated rings. The lowest BCUT2D eigenvalue weighted by Crippen LogP contribution is -2.48. The summed E-state index contributed by atoms with van der Waals surface area (Å²) in [4.78, 5) is 2.15. The third-order valence-electron chi connectivity index (χ3n) is 3.47. The minimum Gasteiger partial charge on any atom is -0.381 e. The van der Waals surface area contributed by atoms with Crippen LogP contribution in [0.4, 0.5) is 5.82 Å². The highest BCUT2D eigenvalue weighted by Crippen LogP contribution is 2.22. The molecule has 0 radical (unpaired) electrons. The minimum atomic E-state index is -3.58. The number of aromatic nitrogens is 2. The van der Waals surface area contributed by atoms with E-state index < -0.39 is 10.0 Å². The highest BCUT2D eigenvalue weighted by Gasteiger charge is 2.31. The third-order valence-corrected chi connectivity index (χ3v) is 5.39. The van der Waals surface area contributed by atoms with Gasteiger partial charge in [-0.25, -0.2) is 8.42 Å². The van der Waals surface area contributed by atoms with Crippen molar-refractivity contribution in [2.45, 2.75) is 24.8 Å². The zero-order chi connectivity index (χ0) is 15.5. The molecule has 0 aromatic carbocycles. The molecule has 116 valence electrons. The Balaban J connectivity index is 2.14. The number of hydrogen-bond donors (Lipinski definition) is 1. The van der Waals surface area contributed by atoms with Crippen LogP contribution < -0.4 is 5.73 Å². The molecule has 0 saturated carbocycles. The number of anilines is 1. The number of hydrogen-bond acceptors (Lipinski definition) is 5. The van der Waals surface area contributed by atoms with Crippen LogP contribution in [0.1, 0.15) is 13.3 Å². The number of piperazine rings is 1. The first kappa shape index (κ1) is 15.8. The molecule has 0 unspecified atom stereocenters. The number of sulfonamides is 1. The van der Waals surface area contributed by atoms with Crippen molar-refractivity contribution in [1.29, 1.82) is 0 Å². The normalized spacial score (nSPS) is 17.7. The highest BCUT2D eigenvalue weighted by molar-refractivity contribution is 7.89. The molecule has 1 aromatic rings. The maximum atomic E-state index is 12.6. The Kier molecular flexibility index (Phi) is 4.88. The van der Waals surface area contributed by atoms with Crippen LogP contribution in [-0.4, -0.2) is 60.1 Å². The summed E-state index contributed by atoms with van der Waals surface area (Å²) < 4.78 is 28.3. The molecular weight excluding hydrogens is 290 g/mol. The van der Waals surface area contributed by atoms with Crippen LogP contribution in [0.15, 0.2) is 11.1 Å². The predicted molar refractivity (Wildman–Crippen MR) is 81.0 cm³/mol. The van der Waals surface area contributed by atoms with E-state index in [1.807, 2.05) is 6.92 Å². The fraction of sp³-hybridized carbons (Fsp3) is 0.615. The van der Waals surface area contributed by atoms with E-state index in [0.29, 0.717) is 39.3 Å². The highest BCUT2D eigenvalue weighted by atomic mass is 32.2. The van der Waals surface area contributed by atoms with Crippen LogP contribution in [0.2, 0.25) is 0 Å². The molecule has 2 rings (SSSR count). The molecular formula is C13H21N5O2S. The second kappa shape index (κ2) is 6.47. The van der Waals surface area contributed by atoms with E-state index in [9.17, 15) is 8.42 Å². The smallest absolute Gasteiger partial charge is 0.248 e. The van der Waals surface area contributed by atoms with E-state index in [4.69, 9.17) is 12.2 Å². The number of aryl methyl sites for hydroxylation is 1. The lowest BCUT2D eigenvalue weighted by atomic mass is 10.4. The van der Waals surface area contributed by atoms with Crippen molar-refractivity contribution in [3.63, 3.8) is 0 Å². The Bertz CT molecular complexity index is 623. The zero-order valence-electron chi connectivity index (χ0n) is 12.2. The minimum absolute atomic E-state index is 0.0644. The molecule has 21 heavy (non-hydrogen) atoms. The summed E-state index contributed by atoms with van der Waals surface area (Å²) >= 11 is 0. The summed E-state index contributed by atoms with van der Waals surface area (Å²) in [7, 11) is -3.58. The number of rotatable bonds is 5. The van der Waals surface area contributed by atoms with E-state index in [0.717, 1.165) is 6.42 Å². The lowest BCUT2D eigenvalue weighted by molar-refractivity contribution is 0.207. The van der Waals surface area contributed by atoms with Gasteiger partial charge in [-0.05, 0) is 6.42 Å². The number of nitrogen functional groups attached to an aromatic ring is 1. The molecule has 0 amide bonds. The van der Waals surface area contributed by atoms with Crippen LogP contribution in [-0.2, 0) is 16.6 Å². The van der Waals surface area contributed by atoms with Gasteiger partial charge in [0.1, 0.15) is 4.90 Å². The Morgan fingerprint density at radius 3 is 2.62 bits per heavy atom. The van der Waals surface area contributed by atoms with E-state index in [1.54, 1.807) is 4.68 Å². The fourth-order valence-corrected chi connectivity index (χ4v) is 3.84. The summed E-state index contributed by atoms with van der Waals surface area (Å²) in [5.74, 6) is 2.64. The molecule has 1 saturated heterocycles. The van der Waals surface area contributed by atoms with Gasteiger partial charge in [0.05, 0.1) is 6.54 Å². The van der Waals surface area contributed by atoms with Gasteiger partial charge in [0.25, 0.3) is 0 Å². The van der Waals surface area contributed by atoms with Gasteiger partial charge in [0.2, 0.25) is 10.0 Å². The first-order chi connectivity index (χ1) is 9.98. The largest absolute Gasteiger partial charge is 0.381 e. The predicted octanol–water partition coefficient (Wildman–Crippen LogP) is -0.185. The molecule has 1 aliphatic rings. The summed E-state index contributed by atoms with van der Waals surface area (Å²) in [5, 5.41) is 4.06. The van der Waals surface area contributed by atoms with Gasteiger partial charge in [-0.2, -0.15) is 9.40 Å². The second-order valence-electron chi connectivity index (χ2n) is 5.03. The van der Waals surface area contributed by atoms with Crippen LogP contribution in [0.5, 0.6) is 0 Å². The second-order valence-corrected chi connectivity index (χ2v) is 6.93. The molecule has 7 nitrogen and oxygen atoms in total. The maximum Gasteiger partial charge on any atom is 0.248 e. The van der Waals surface area contributed by atoms with Crippen molar-refractivity contribution in [2.24, 2.45) is 0 Å². The maximum absolute atomic E-state index is 12.6. The average Bonchev–Trinajstić information content (AvgIpc) is 2.82. The van der Waals surface area contributed by atoms with Crippen molar-refractivity contribution in [3.05, 3.63) is 6.20 Å². The summed E-state index contributed by atoms with van der Waals surface area (Å²) in [5.41, 5.74) is 5.76. The SMILES string of the molecule is C#CCN1CCN(S(=O)(=O)c2cn(CCC)nc2N)CC1. The van der Waals surface area contributed by atoms with Crippen molar-refractivity contribution < 1.29 is 8.42 Å². The Hall–Kier alpha value is -1.56. The zero-order valence-corrected chi connectivity index (χ0v) is 13.0. The summed E-state index contributed by atoms with van der Waals surface area (Å²) in [6.45, 7) is 5.29. The van der Waals surface area contributed by atoms with Crippen LogP contribution in [0.25, 0.3) is 0 Å². The number of terminal acetylenes is 1. The molecule has 1 aromatic heterocycles. The van der Waals surface area contributed by atoms with Crippen molar-refractivity contribution >= 4 is 15.8 Å². The standard InChI is InChI=1S/C13H21N5O2S/c1-3-5-16-7-9-18(10-8-16)21(19,20)12-11-17(6-4-2)15-13(12)14/h1,11H,4-10H2,2H3,(H2,14,15). The van der Waals surface area contributed by atoms with Crippen molar-refractivity contribution in [2.75, 3.05) is 38.5 Å². The third kappa shape index (κ3) is 3.37. The van der Waals surface area contributed by atoms with Crippen LogP contribution in [0.3, 0.4) is 0 Å². The molecule has 8 heteroatoms. The van der Waals surface area contributed by atoms with Crippen LogP contribution >= 0.6 is 0 Å².